The van der Waals surface area contributed by atoms with Crippen molar-refractivity contribution in [2.75, 3.05) is 45.2 Å². The Balaban J connectivity index is 1.39. The van der Waals surface area contributed by atoms with Crippen LogP contribution in [0.25, 0.3) is 21.6 Å². The molecule has 4 rings (SSSR count). The topological polar surface area (TPSA) is 61.4 Å². The van der Waals surface area contributed by atoms with Gasteiger partial charge in [0.2, 0.25) is 5.91 Å². The summed E-state index contributed by atoms with van der Waals surface area (Å²) in [5.41, 5.74) is 3.03. The molecule has 0 atom stereocenters. The van der Waals surface area contributed by atoms with E-state index >= 15 is 0 Å². The molecular formula is C22H27N5OS. The number of aromatic nitrogens is 2. The highest BCUT2D eigenvalue weighted by Gasteiger charge is 2.26. The minimum absolute atomic E-state index is 0.102. The van der Waals surface area contributed by atoms with Crippen LogP contribution in [-0.4, -0.2) is 61.0 Å². The summed E-state index contributed by atoms with van der Waals surface area (Å²) >= 11 is 1.64. The third kappa shape index (κ3) is 4.74. The van der Waals surface area contributed by atoms with Crippen molar-refractivity contribution in [2.45, 2.75) is 12.8 Å². The third-order valence-electron chi connectivity index (χ3n) is 5.31. The summed E-state index contributed by atoms with van der Waals surface area (Å²) in [7, 11) is 4.03. The molecule has 1 aliphatic heterocycles. The van der Waals surface area contributed by atoms with Crippen molar-refractivity contribution in [1.29, 1.82) is 0 Å². The Kier molecular flexibility index (Phi) is 6.06. The minimum atomic E-state index is 0.102. The van der Waals surface area contributed by atoms with Gasteiger partial charge in [-0.2, -0.15) is 0 Å². The smallest absolute Gasteiger partial charge is 0.223 e. The summed E-state index contributed by atoms with van der Waals surface area (Å²) < 4.78 is 0. The van der Waals surface area contributed by atoms with Crippen LogP contribution in [-0.2, 0) is 4.79 Å². The van der Waals surface area contributed by atoms with Gasteiger partial charge < -0.3 is 15.1 Å². The molecule has 3 aromatic rings. The minimum Gasteiger partial charge on any atom is -0.355 e. The number of piperidine rings is 1. The second kappa shape index (κ2) is 8.88. The van der Waals surface area contributed by atoms with E-state index in [2.05, 4.69) is 33.3 Å². The lowest BCUT2D eigenvalue weighted by molar-refractivity contribution is -0.125. The molecule has 0 unspecified atom stereocenters. The highest BCUT2D eigenvalue weighted by molar-refractivity contribution is 7.21. The molecule has 152 valence electrons. The number of hydrogen-bond acceptors (Lipinski definition) is 6. The van der Waals surface area contributed by atoms with Gasteiger partial charge >= 0.3 is 0 Å². The predicted octanol–water partition coefficient (Wildman–Crippen LogP) is 3.25. The van der Waals surface area contributed by atoms with Crippen LogP contribution in [0.5, 0.6) is 0 Å². The molecule has 0 radical (unpaired) electrons. The zero-order valence-electron chi connectivity index (χ0n) is 17.0. The zero-order chi connectivity index (χ0) is 20.2. The van der Waals surface area contributed by atoms with Crippen LogP contribution in [0.3, 0.4) is 0 Å². The van der Waals surface area contributed by atoms with Crippen molar-refractivity contribution in [3.63, 3.8) is 0 Å². The first-order chi connectivity index (χ1) is 14.1. The van der Waals surface area contributed by atoms with Gasteiger partial charge in [-0.25, -0.2) is 9.97 Å². The molecule has 0 bridgehead atoms. The number of carbonyl (C=O) groups is 1. The van der Waals surface area contributed by atoms with E-state index in [-0.39, 0.29) is 11.8 Å². The molecule has 0 aliphatic carbocycles. The second-order valence-corrected chi connectivity index (χ2v) is 8.69. The van der Waals surface area contributed by atoms with Crippen LogP contribution < -0.4 is 10.2 Å². The van der Waals surface area contributed by atoms with Gasteiger partial charge in [-0.3, -0.25) is 4.79 Å². The molecule has 2 aromatic heterocycles. The fourth-order valence-electron chi connectivity index (χ4n) is 3.59. The number of pyridine rings is 1. The third-order valence-corrected chi connectivity index (χ3v) is 6.33. The standard InChI is InChI=1S/C22H27N5OS/c1-26(2)15-12-23-20(28)17-10-13-27(14-11-17)22-25-19-9-8-18(24-21(19)29-22)16-6-4-3-5-7-16/h3-9,17H,10-15H2,1-2H3,(H,23,28). The number of fused-ring (bicyclic) bond motifs is 1. The zero-order valence-corrected chi connectivity index (χ0v) is 17.8. The molecule has 1 aromatic carbocycles. The highest BCUT2D eigenvalue weighted by Crippen LogP contribution is 2.32. The summed E-state index contributed by atoms with van der Waals surface area (Å²) in [5.74, 6) is 0.288. The molecule has 3 heterocycles. The van der Waals surface area contributed by atoms with Gasteiger partial charge in [0.05, 0.1) is 5.69 Å². The van der Waals surface area contributed by atoms with Crippen molar-refractivity contribution in [2.24, 2.45) is 5.92 Å². The highest BCUT2D eigenvalue weighted by atomic mass is 32.1. The number of hydrogen-bond donors (Lipinski definition) is 1. The van der Waals surface area contributed by atoms with Gasteiger partial charge in [-0.15, -0.1) is 0 Å². The fourth-order valence-corrected chi connectivity index (χ4v) is 4.58. The normalized spacial score (nSPS) is 15.2. The Hall–Kier alpha value is -2.51. The largest absolute Gasteiger partial charge is 0.355 e. The van der Waals surface area contributed by atoms with E-state index in [1.165, 1.54) is 0 Å². The summed E-state index contributed by atoms with van der Waals surface area (Å²) in [6.45, 7) is 3.29. The molecule has 6 nitrogen and oxygen atoms in total. The monoisotopic (exact) mass is 409 g/mol. The quantitative estimate of drug-likeness (QED) is 0.677. The van der Waals surface area contributed by atoms with Crippen molar-refractivity contribution in [1.82, 2.24) is 20.2 Å². The Morgan fingerprint density at radius 3 is 2.62 bits per heavy atom. The van der Waals surface area contributed by atoms with Gasteiger partial charge in [0.15, 0.2) is 5.13 Å². The lowest BCUT2D eigenvalue weighted by Crippen LogP contribution is -2.42. The Labute approximate surface area is 175 Å². The summed E-state index contributed by atoms with van der Waals surface area (Å²) in [6, 6.07) is 14.3. The Bertz CT molecular complexity index is 964. The SMILES string of the molecule is CN(C)CCNC(=O)C1CCN(c2nc3ccc(-c4ccccc4)nc3s2)CC1. The number of thiazole rings is 1. The van der Waals surface area contributed by atoms with Crippen LogP contribution in [0.2, 0.25) is 0 Å². The maximum Gasteiger partial charge on any atom is 0.223 e. The van der Waals surface area contributed by atoms with E-state index in [4.69, 9.17) is 9.97 Å². The first-order valence-corrected chi connectivity index (χ1v) is 10.9. The Morgan fingerprint density at radius 2 is 1.90 bits per heavy atom. The Morgan fingerprint density at radius 1 is 1.14 bits per heavy atom. The molecule has 1 fully saturated rings. The van der Waals surface area contributed by atoms with Crippen LogP contribution in [0, 0.1) is 5.92 Å². The fraction of sp³-hybridized carbons (Fsp3) is 0.409. The van der Waals surface area contributed by atoms with Crippen LogP contribution >= 0.6 is 11.3 Å². The molecule has 29 heavy (non-hydrogen) atoms. The molecule has 1 N–H and O–H groups in total. The van der Waals surface area contributed by atoms with Gasteiger partial charge in [0, 0.05) is 37.7 Å². The molecule has 0 saturated carbocycles. The van der Waals surface area contributed by atoms with Crippen LogP contribution in [0.1, 0.15) is 12.8 Å². The number of nitrogens with zero attached hydrogens (tertiary/aromatic N) is 4. The maximum atomic E-state index is 12.4. The molecule has 1 aliphatic rings. The van der Waals surface area contributed by atoms with Crippen LogP contribution in [0.15, 0.2) is 42.5 Å². The number of anilines is 1. The number of nitrogens with one attached hydrogen (secondary N) is 1. The lowest BCUT2D eigenvalue weighted by Gasteiger charge is -2.31. The van der Waals surface area contributed by atoms with Gasteiger partial charge in [0.1, 0.15) is 10.3 Å². The van der Waals surface area contributed by atoms with Gasteiger partial charge in [-0.1, -0.05) is 41.7 Å². The van der Waals surface area contributed by atoms with Gasteiger partial charge in [0.25, 0.3) is 0 Å². The van der Waals surface area contributed by atoms with Crippen molar-refractivity contribution in [3.8, 4) is 11.3 Å². The van der Waals surface area contributed by atoms with Crippen LogP contribution in [0.4, 0.5) is 5.13 Å². The van der Waals surface area contributed by atoms with E-state index in [0.29, 0.717) is 6.54 Å². The maximum absolute atomic E-state index is 12.4. The summed E-state index contributed by atoms with van der Waals surface area (Å²) in [5, 5.41) is 4.06. The number of carbonyl (C=O) groups excluding carboxylic acids is 1. The van der Waals surface area contributed by atoms with Crippen molar-refractivity contribution in [3.05, 3.63) is 42.5 Å². The first kappa shape index (κ1) is 19.8. The van der Waals surface area contributed by atoms with E-state index in [1.807, 2.05) is 38.4 Å². The molecule has 0 spiro atoms. The van der Waals surface area contributed by atoms with E-state index in [0.717, 1.165) is 59.2 Å². The number of amides is 1. The van der Waals surface area contributed by atoms with E-state index in [9.17, 15) is 4.79 Å². The van der Waals surface area contributed by atoms with E-state index in [1.54, 1.807) is 11.3 Å². The van der Waals surface area contributed by atoms with Gasteiger partial charge in [-0.05, 0) is 39.1 Å². The van der Waals surface area contributed by atoms with E-state index < -0.39 is 0 Å². The first-order valence-electron chi connectivity index (χ1n) is 10.1. The van der Waals surface area contributed by atoms with Crippen molar-refractivity contribution >= 4 is 32.7 Å². The average Bonchev–Trinajstić information content (AvgIpc) is 3.17. The average molecular weight is 410 g/mol. The number of rotatable bonds is 6. The van der Waals surface area contributed by atoms with Crippen molar-refractivity contribution < 1.29 is 4.79 Å². The summed E-state index contributed by atoms with van der Waals surface area (Å²) in [4.78, 5) is 27.3. The second-order valence-electron chi connectivity index (χ2n) is 7.74. The molecule has 7 heteroatoms. The molecule has 1 amide bonds. The predicted molar refractivity (Wildman–Crippen MR) is 119 cm³/mol. The lowest BCUT2D eigenvalue weighted by atomic mass is 9.96. The number of benzene rings is 1. The number of likely N-dealkylation sites (N-methyl/N-ethyl adjacent to an activating group) is 1. The summed E-state index contributed by atoms with van der Waals surface area (Å²) in [6.07, 6.45) is 1.73. The molecular weight excluding hydrogens is 382 g/mol. The molecule has 1 saturated heterocycles.